The van der Waals surface area contributed by atoms with Gasteiger partial charge in [-0.15, -0.1) is 0 Å². The van der Waals surface area contributed by atoms with Crippen molar-refractivity contribution in [3.05, 3.63) is 76.4 Å². The molecule has 0 amide bonds. The van der Waals surface area contributed by atoms with E-state index in [4.69, 9.17) is 0 Å². The number of hydrogen-bond acceptors (Lipinski definition) is 1. The Labute approximate surface area is 196 Å². The van der Waals surface area contributed by atoms with E-state index in [0.717, 1.165) is 12.8 Å². The minimum Gasteiger partial charge on any atom is -0.432 e. The lowest BCUT2D eigenvalue weighted by Crippen LogP contribution is -2.26. The van der Waals surface area contributed by atoms with Gasteiger partial charge in [-0.2, -0.15) is 22.0 Å². The lowest BCUT2D eigenvalue weighted by molar-refractivity contribution is -0.180. The standard InChI is InChI=1S/C25H23F9O/c1-2-3-14-4-6-15(7-5-14)18-9-8-16(22(28)23(18)29)10-11-24(30,31)35-17-12-19(26)21(20(27)13-17)25(32,33)34/h2-3,8-9,12-15H,4-7,10-11H2,1H3/b3-2+. The molecule has 0 saturated heterocycles. The third kappa shape index (κ3) is 6.52. The van der Waals surface area contributed by atoms with Gasteiger partial charge in [0.1, 0.15) is 22.9 Å². The van der Waals surface area contributed by atoms with Crippen molar-refractivity contribution in [2.45, 2.75) is 63.7 Å². The fourth-order valence-electron chi connectivity index (χ4n) is 4.39. The van der Waals surface area contributed by atoms with E-state index in [0.29, 0.717) is 18.8 Å². The van der Waals surface area contributed by atoms with Gasteiger partial charge in [0.25, 0.3) is 0 Å². The molecule has 1 nitrogen and oxygen atoms in total. The number of aryl methyl sites for hydroxylation is 1. The first-order valence-corrected chi connectivity index (χ1v) is 11.0. The van der Waals surface area contributed by atoms with E-state index in [9.17, 15) is 39.5 Å². The van der Waals surface area contributed by atoms with E-state index < -0.39 is 59.7 Å². The first kappa shape index (κ1) is 26.9. The Hall–Kier alpha value is -2.65. The average Bonchev–Trinajstić information content (AvgIpc) is 2.74. The number of hydrogen-bond donors (Lipinski definition) is 0. The van der Waals surface area contributed by atoms with E-state index in [1.165, 1.54) is 12.1 Å². The molecule has 1 aliphatic carbocycles. The second kappa shape index (κ2) is 10.5. The lowest BCUT2D eigenvalue weighted by Gasteiger charge is -2.27. The summed E-state index contributed by atoms with van der Waals surface area (Å²) in [5.74, 6) is -7.58. The summed E-state index contributed by atoms with van der Waals surface area (Å²) in [7, 11) is 0. The molecule has 1 fully saturated rings. The lowest BCUT2D eigenvalue weighted by atomic mass is 9.78. The molecule has 0 heterocycles. The van der Waals surface area contributed by atoms with Gasteiger partial charge in [0.2, 0.25) is 0 Å². The van der Waals surface area contributed by atoms with Crippen LogP contribution in [0.1, 0.15) is 61.6 Å². The SMILES string of the molecule is C/C=C/C1CCC(c2ccc(CCC(F)(F)Oc3cc(F)c(C(F)(F)F)c(F)c3)c(F)c2F)CC1. The van der Waals surface area contributed by atoms with Gasteiger partial charge in [-0.25, -0.2) is 17.6 Å². The molecule has 2 aromatic carbocycles. The molecular weight excluding hydrogens is 487 g/mol. The Kier molecular flexibility index (Phi) is 8.11. The number of benzene rings is 2. The van der Waals surface area contributed by atoms with Crippen molar-refractivity contribution in [3.8, 4) is 5.75 Å². The highest BCUT2D eigenvalue weighted by Gasteiger charge is 2.39. The van der Waals surface area contributed by atoms with Gasteiger partial charge in [0.05, 0.1) is 6.42 Å². The number of alkyl halides is 5. The molecule has 1 saturated carbocycles. The summed E-state index contributed by atoms with van der Waals surface area (Å²) < 4.78 is 127. The van der Waals surface area contributed by atoms with Crippen LogP contribution in [0, 0.1) is 29.2 Å². The van der Waals surface area contributed by atoms with Crippen LogP contribution < -0.4 is 4.74 Å². The van der Waals surface area contributed by atoms with Crippen LogP contribution in [0.3, 0.4) is 0 Å². The maximum atomic E-state index is 14.7. The highest BCUT2D eigenvalue weighted by atomic mass is 19.4. The monoisotopic (exact) mass is 510 g/mol. The van der Waals surface area contributed by atoms with Crippen molar-refractivity contribution >= 4 is 0 Å². The molecule has 0 aliphatic heterocycles. The topological polar surface area (TPSA) is 9.23 Å². The summed E-state index contributed by atoms with van der Waals surface area (Å²) in [4.78, 5) is 0. The first-order valence-electron chi connectivity index (χ1n) is 11.0. The van der Waals surface area contributed by atoms with E-state index >= 15 is 0 Å². The Bertz CT molecular complexity index is 1040. The highest BCUT2D eigenvalue weighted by Crippen LogP contribution is 2.39. The number of ether oxygens (including phenoxy) is 1. The van der Waals surface area contributed by atoms with Crippen molar-refractivity contribution in [2.24, 2.45) is 5.92 Å². The molecule has 0 N–H and O–H groups in total. The first-order chi connectivity index (χ1) is 16.3. The zero-order valence-corrected chi connectivity index (χ0v) is 18.7. The molecule has 192 valence electrons. The molecule has 35 heavy (non-hydrogen) atoms. The van der Waals surface area contributed by atoms with E-state index in [1.807, 2.05) is 13.0 Å². The van der Waals surface area contributed by atoms with Gasteiger partial charge in [-0.3, -0.25) is 0 Å². The largest absolute Gasteiger partial charge is 0.432 e. The molecule has 2 aromatic rings. The summed E-state index contributed by atoms with van der Waals surface area (Å²) in [5, 5.41) is 0. The Balaban J connectivity index is 1.67. The summed E-state index contributed by atoms with van der Waals surface area (Å²) >= 11 is 0. The molecule has 10 heteroatoms. The van der Waals surface area contributed by atoms with Crippen molar-refractivity contribution in [1.29, 1.82) is 0 Å². The fraction of sp³-hybridized carbons (Fsp3) is 0.440. The minimum atomic E-state index is -5.37. The van der Waals surface area contributed by atoms with Crippen molar-refractivity contribution < 1.29 is 44.3 Å². The smallest absolute Gasteiger partial charge is 0.422 e. The van der Waals surface area contributed by atoms with Crippen LogP contribution in [0.15, 0.2) is 36.4 Å². The maximum Gasteiger partial charge on any atom is 0.422 e. The van der Waals surface area contributed by atoms with Crippen molar-refractivity contribution in [2.75, 3.05) is 0 Å². The molecular formula is C25H23F9O. The van der Waals surface area contributed by atoms with Crippen LogP contribution >= 0.6 is 0 Å². The molecule has 0 unspecified atom stereocenters. The molecule has 1 aliphatic rings. The Morgan fingerprint density at radius 2 is 1.49 bits per heavy atom. The minimum absolute atomic E-state index is 0.0140. The fourth-order valence-corrected chi connectivity index (χ4v) is 4.39. The van der Waals surface area contributed by atoms with Gasteiger partial charge in [0, 0.05) is 12.1 Å². The third-order valence-corrected chi connectivity index (χ3v) is 6.12. The summed E-state index contributed by atoms with van der Waals surface area (Å²) in [6.45, 7) is 1.91. The summed E-state index contributed by atoms with van der Waals surface area (Å²) in [5.41, 5.74) is -2.40. The molecule has 0 radical (unpaired) electrons. The van der Waals surface area contributed by atoms with Crippen LogP contribution in [0.5, 0.6) is 5.75 Å². The molecule has 0 aromatic heterocycles. The van der Waals surface area contributed by atoms with Crippen LogP contribution in [0.2, 0.25) is 0 Å². The summed E-state index contributed by atoms with van der Waals surface area (Å²) in [6.07, 6.45) is -4.37. The molecule has 0 atom stereocenters. The zero-order valence-electron chi connectivity index (χ0n) is 18.7. The maximum absolute atomic E-state index is 14.7. The number of allylic oxidation sites excluding steroid dienone is 2. The zero-order chi connectivity index (χ0) is 26.0. The molecule has 0 spiro atoms. The van der Waals surface area contributed by atoms with E-state index in [-0.39, 0.29) is 29.2 Å². The molecule has 0 bridgehead atoms. The summed E-state index contributed by atoms with van der Waals surface area (Å²) in [6, 6.07) is 2.55. The Morgan fingerprint density at radius 3 is 2.03 bits per heavy atom. The second-order valence-corrected chi connectivity index (χ2v) is 8.58. The highest BCUT2D eigenvalue weighted by molar-refractivity contribution is 5.33. The predicted octanol–water partition coefficient (Wildman–Crippen LogP) is 8.72. The van der Waals surface area contributed by atoms with Gasteiger partial charge >= 0.3 is 12.3 Å². The van der Waals surface area contributed by atoms with Crippen LogP contribution in [-0.2, 0) is 12.6 Å². The van der Waals surface area contributed by atoms with Crippen LogP contribution in [0.4, 0.5) is 39.5 Å². The van der Waals surface area contributed by atoms with Gasteiger partial charge in [0.15, 0.2) is 11.6 Å². The second-order valence-electron chi connectivity index (χ2n) is 8.58. The number of rotatable bonds is 7. The Morgan fingerprint density at radius 1 is 0.886 bits per heavy atom. The van der Waals surface area contributed by atoms with Gasteiger partial charge < -0.3 is 4.74 Å². The van der Waals surface area contributed by atoms with Crippen molar-refractivity contribution in [3.63, 3.8) is 0 Å². The predicted molar refractivity (Wildman–Crippen MR) is 111 cm³/mol. The van der Waals surface area contributed by atoms with E-state index in [2.05, 4.69) is 10.8 Å². The van der Waals surface area contributed by atoms with Gasteiger partial charge in [-0.1, -0.05) is 24.3 Å². The average molecular weight is 510 g/mol. The van der Waals surface area contributed by atoms with Crippen LogP contribution in [-0.4, -0.2) is 6.11 Å². The van der Waals surface area contributed by atoms with E-state index in [1.54, 1.807) is 0 Å². The quantitative estimate of drug-likeness (QED) is 0.267. The number of halogens is 9. The van der Waals surface area contributed by atoms with Crippen molar-refractivity contribution in [1.82, 2.24) is 0 Å². The molecule has 3 rings (SSSR count). The van der Waals surface area contributed by atoms with Crippen LogP contribution in [0.25, 0.3) is 0 Å². The third-order valence-electron chi connectivity index (χ3n) is 6.12. The van der Waals surface area contributed by atoms with Gasteiger partial charge in [-0.05, 0) is 62.0 Å². The normalized spacial score (nSPS) is 19.4.